The van der Waals surface area contributed by atoms with Gasteiger partial charge in [0.1, 0.15) is 0 Å². The Balaban J connectivity index is 2.88. The van der Waals surface area contributed by atoms with E-state index in [1.165, 1.54) is 12.4 Å². The Labute approximate surface area is 60.3 Å². The first-order valence-corrected chi connectivity index (χ1v) is 3.47. The Morgan fingerprint density at radius 3 is 2.44 bits per heavy atom. The molecular formula is C5H4BrFN2. The number of nitrogens with zero attached hydrogens (tertiary/aromatic N) is 2. The molecule has 0 fully saturated rings. The van der Waals surface area contributed by atoms with Crippen LogP contribution in [0.15, 0.2) is 12.4 Å². The molecule has 48 valence electrons. The predicted octanol–water partition coefficient (Wildman–Crippen LogP) is 1.51. The second-order valence-electron chi connectivity index (χ2n) is 1.49. The van der Waals surface area contributed by atoms with Crippen molar-refractivity contribution in [3.05, 3.63) is 24.0 Å². The molecule has 9 heavy (non-hydrogen) atoms. The lowest BCUT2D eigenvalue weighted by atomic mass is 10.4. The highest BCUT2D eigenvalue weighted by Gasteiger charge is 1.91. The normalized spacial score (nSPS) is 9.56. The van der Waals surface area contributed by atoms with E-state index in [4.69, 9.17) is 0 Å². The third-order valence-electron chi connectivity index (χ3n) is 0.828. The number of halogens is 2. The molecule has 0 N–H and O–H groups in total. The molecule has 0 aliphatic heterocycles. The minimum Gasteiger partial charge on any atom is -0.210 e. The van der Waals surface area contributed by atoms with E-state index in [9.17, 15) is 4.39 Å². The lowest BCUT2D eigenvalue weighted by molar-refractivity contribution is 0.537. The van der Waals surface area contributed by atoms with Crippen LogP contribution >= 0.6 is 15.9 Å². The van der Waals surface area contributed by atoms with Gasteiger partial charge >= 0.3 is 6.08 Å². The molecule has 0 saturated carbocycles. The van der Waals surface area contributed by atoms with Crippen LogP contribution in [0.25, 0.3) is 0 Å². The zero-order valence-corrected chi connectivity index (χ0v) is 6.10. The minimum atomic E-state index is -0.681. The fourth-order valence-electron chi connectivity index (χ4n) is 0.408. The standard InChI is InChI=1S/C5H4BrFN2/c6-1-4-2-8-5(7)9-3-4/h2-3H,1H2. The topological polar surface area (TPSA) is 25.8 Å². The average molecular weight is 191 g/mol. The van der Waals surface area contributed by atoms with E-state index in [0.29, 0.717) is 5.33 Å². The number of rotatable bonds is 1. The van der Waals surface area contributed by atoms with E-state index in [-0.39, 0.29) is 0 Å². The van der Waals surface area contributed by atoms with Gasteiger partial charge in [-0.2, -0.15) is 4.39 Å². The van der Waals surface area contributed by atoms with Crippen molar-refractivity contribution in [1.29, 1.82) is 0 Å². The third kappa shape index (κ3) is 1.71. The highest BCUT2D eigenvalue weighted by molar-refractivity contribution is 9.08. The van der Waals surface area contributed by atoms with Crippen LogP contribution in [-0.2, 0) is 5.33 Å². The Bertz CT molecular complexity index is 187. The van der Waals surface area contributed by atoms with Gasteiger partial charge in [0.25, 0.3) is 0 Å². The molecule has 0 atom stereocenters. The van der Waals surface area contributed by atoms with Crippen molar-refractivity contribution in [1.82, 2.24) is 9.97 Å². The van der Waals surface area contributed by atoms with Crippen LogP contribution in [0.5, 0.6) is 0 Å². The molecule has 2 nitrogen and oxygen atoms in total. The van der Waals surface area contributed by atoms with Gasteiger partial charge in [0.15, 0.2) is 0 Å². The van der Waals surface area contributed by atoms with Crippen molar-refractivity contribution in [3.63, 3.8) is 0 Å². The first kappa shape index (κ1) is 6.61. The van der Waals surface area contributed by atoms with E-state index >= 15 is 0 Å². The summed E-state index contributed by atoms with van der Waals surface area (Å²) in [4.78, 5) is 6.68. The maximum Gasteiger partial charge on any atom is 0.308 e. The van der Waals surface area contributed by atoms with Crippen molar-refractivity contribution in [2.24, 2.45) is 0 Å². The monoisotopic (exact) mass is 190 g/mol. The van der Waals surface area contributed by atoms with Gasteiger partial charge in [-0.05, 0) is 5.56 Å². The molecule has 0 aromatic carbocycles. The maximum atomic E-state index is 12.0. The molecule has 0 radical (unpaired) electrons. The second kappa shape index (κ2) is 2.87. The van der Waals surface area contributed by atoms with Gasteiger partial charge in [-0.1, -0.05) is 15.9 Å². The highest BCUT2D eigenvalue weighted by Crippen LogP contribution is 2.00. The Hall–Kier alpha value is -0.510. The average Bonchev–Trinajstić information content (AvgIpc) is 1.90. The van der Waals surface area contributed by atoms with Crippen LogP contribution in [0.1, 0.15) is 5.56 Å². The van der Waals surface area contributed by atoms with E-state index in [0.717, 1.165) is 5.56 Å². The summed E-state index contributed by atoms with van der Waals surface area (Å²) in [7, 11) is 0. The van der Waals surface area contributed by atoms with Gasteiger partial charge in [0.05, 0.1) is 0 Å². The van der Waals surface area contributed by atoms with Crippen LogP contribution in [0.3, 0.4) is 0 Å². The third-order valence-corrected chi connectivity index (χ3v) is 1.48. The van der Waals surface area contributed by atoms with E-state index in [1.807, 2.05) is 0 Å². The van der Waals surface area contributed by atoms with Crippen molar-refractivity contribution in [2.75, 3.05) is 0 Å². The molecule has 1 heterocycles. The molecule has 0 aliphatic carbocycles. The number of aromatic nitrogens is 2. The maximum absolute atomic E-state index is 12.0. The van der Waals surface area contributed by atoms with E-state index < -0.39 is 6.08 Å². The van der Waals surface area contributed by atoms with Crippen LogP contribution in [0.2, 0.25) is 0 Å². The Morgan fingerprint density at radius 1 is 1.44 bits per heavy atom. The first-order valence-electron chi connectivity index (χ1n) is 2.35. The van der Waals surface area contributed by atoms with E-state index in [2.05, 4.69) is 25.9 Å². The van der Waals surface area contributed by atoms with Gasteiger partial charge < -0.3 is 0 Å². The molecule has 0 amide bonds. The van der Waals surface area contributed by atoms with Gasteiger partial charge in [-0.25, -0.2) is 9.97 Å². The van der Waals surface area contributed by atoms with Crippen LogP contribution < -0.4 is 0 Å². The zero-order chi connectivity index (χ0) is 6.69. The molecule has 0 saturated heterocycles. The number of alkyl halides is 1. The summed E-state index contributed by atoms with van der Waals surface area (Å²) in [5.41, 5.74) is 0.872. The molecule has 1 rings (SSSR count). The fourth-order valence-corrected chi connectivity index (χ4v) is 0.698. The van der Waals surface area contributed by atoms with Crippen LogP contribution in [-0.4, -0.2) is 9.97 Å². The molecule has 1 aromatic heterocycles. The molecule has 0 bridgehead atoms. The van der Waals surface area contributed by atoms with E-state index in [1.54, 1.807) is 0 Å². The fraction of sp³-hybridized carbons (Fsp3) is 0.200. The van der Waals surface area contributed by atoms with Gasteiger partial charge in [0, 0.05) is 17.7 Å². The summed E-state index contributed by atoms with van der Waals surface area (Å²) in [6.07, 6.45) is 2.20. The first-order chi connectivity index (χ1) is 4.33. The smallest absolute Gasteiger partial charge is 0.210 e. The van der Waals surface area contributed by atoms with Crippen molar-refractivity contribution < 1.29 is 4.39 Å². The summed E-state index contributed by atoms with van der Waals surface area (Å²) in [6, 6.07) is 0. The van der Waals surface area contributed by atoms with Crippen molar-refractivity contribution >= 4 is 15.9 Å². The summed E-state index contributed by atoms with van der Waals surface area (Å²) < 4.78 is 12.0. The van der Waals surface area contributed by atoms with Gasteiger partial charge in [-0.15, -0.1) is 0 Å². The largest absolute Gasteiger partial charge is 0.308 e. The second-order valence-corrected chi connectivity index (χ2v) is 2.05. The van der Waals surface area contributed by atoms with Gasteiger partial charge in [-0.3, -0.25) is 0 Å². The molecule has 0 unspecified atom stereocenters. The summed E-state index contributed by atoms with van der Waals surface area (Å²) >= 11 is 3.18. The van der Waals surface area contributed by atoms with Crippen LogP contribution in [0.4, 0.5) is 4.39 Å². The quantitative estimate of drug-likeness (QED) is 0.496. The molecule has 4 heteroatoms. The van der Waals surface area contributed by atoms with Gasteiger partial charge in [0.2, 0.25) is 0 Å². The number of hydrogen-bond donors (Lipinski definition) is 0. The van der Waals surface area contributed by atoms with Crippen molar-refractivity contribution in [2.45, 2.75) is 5.33 Å². The van der Waals surface area contributed by atoms with Crippen LogP contribution in [0, 0.1) is 6.08 Å². The predicted molar refractivity (Wildman–Crippen MR) is 34.6 cm³/mol. The Morgan fingerprint density at radius 2 is 2.00 bits per heavy atom. The molecular weight excluding hydrogens is 187 g/mol. The SMILES string of the molecule is Fc1ncc(CBr)cn1. The Kier molecular flexibility index (Phi) is 2.10. The molecule has 0 spiro atoms. The minimum absolute atomic E-state index is 0.660. The molecule has 0 aliphatic rings. The summed E-state index contributed by atoms with van der Waals surface area (Å²) in [5.74, 6) is 0. The number of hydrogen-bond acceptors (Lipinski definition) is 2. The zero-order valence-electron chi connectivity index (χ0n) is 4.51. The highest BCUT2D eigenvalue weighted by atomic mass is 79.9. The molecule has 1 aromatic rings. The lowest BCUT2D eigenvalue weighted by Crippen LogP contribution is -1.88. The lowest BCUT2D eigenvalue weighted by Gasteiger charge is -1.89. The summed E-state index contributed by atoms with van der Waals surface area (Å²) in [5, 5.41) is 0.660. The van der Waals surface area contributed by atoms with Crippen molar-refractivity contribution in [3.8, 4) is 0 Å². The summed E-state index contributed by atoms with van der Waals surface area (Å²) in [6.45, 7) is 0.